The van der Waals surface area contributed by atoms with Gasteiger partial charge < -0.3 is 10.6 Å². The first-order valence-electron chi connectivity index (χ1n) is 7.18. The third kappa shape index (κ3) is 5.06. The van der Waals surface area contributed by atoms with Crippen LogP contribution in [0.25, 0.3) is 0 Å². The minimum atomic E-state index is -3.51. The molecule has 0 aromatic carbocycles. The average Bonchev–Trinajstić information content (AvgIpc) is 2.64. The van der Waals surface area contributed by atoms with Crippen LogP contribution in [0.5, 0.6) is 0 Å². The van der Waals surface area contributed by atoms with Gasteiger partial charge >= 0.3 is 0 Å². The number of nitrogens with one attached hydrogen (secondary N) is 1. The number of nitrogens with two attached hydrogens (primary N) is 1. The Morgan fingerprint density at radius 2 is 1.95 bits per heavy atom. The number of sulfonamides is 1. The van der Waals surface area contributed by atoms with Gasteiger partial charge in [0.1, 0.15) is 4.90 Å². The van der Waals surface area contributed by atoms with E-state index >= 15 is 0 Å². The average molecular weight is 317 g/mol. The molecule has 8 heteroatoms. The molecule has 21 heavy (non-hydrogen) atoms. The third-order valence-electron chi connectivity index (χ3n) is 3.25. The van der Waals surface area contributed by atoms with E-state index in [0.717, 1.165) is 19.4 Å². The molecule has 0 unspecified atom stereocenters. The minimum absolute atomic E-state index is 0.281. The first-order chi connectivity index (χ1) is 9.79. The molecule has 0 fully saturated rings. The van der Waals surface area contributed by atoms with Crippen molar-refractivity contribution < 1.29 is 8.42 Å². The van der Waals surface area contributed by atoms with E-state index in [1.54, 1.807) is 18.5 Å². The summed E-state index contributed by atoms with van der Waals surface area (Å²) in [4.78, 5) is 2.36. The molecule has 0 aliphatic rings. The van der Waals surface area contributed by atoms with Crippen LogP contribution >= 0.6 is 0 Å². The largest absolute Gasteiger partial charge is 0.329 e. The highest BCUT2D eigenvalue weighted by Gasteiger charge is 2.23. The highest BCUT2D eigenvalue weighted by molar-refractivity contribution is 7.89. The quantitative estimate of drug-likeness (QED) is 0.629. The van der Waals surface area contributed by atoms with Gasteiger partial charge in [-0.2, -0.15) is 5.10 Å². The fourth-order valence-corrected chi connectivity index (χ4v) is 3.72. The zero-order valence-electron chi connectivity index (χ0n) is 13.4. The lowest BCUT2D eigenvalue weighted by molar-refractivity contribution is 0.394. The summed E-state index contributed by atoms with van der Waals surface area (Å²) >= 11 is 0. The van der Waals surface area contributed by atoms with Crippen molar-refractivity contribution in [3.05, 3.63) is 11.4 Å². The molecule has 0 amide bonds. The summed E-state index contributed by atoms with van der Waals surface area (Å²) in [5.41, 5.74) is 6.66. The Morgan fingerprint density at radius 3 is 2.52 bits per heavy atom. The second kappa shape index (κ2) is 7.88. The molecule has 0 bridgehead atoms. The predicted molar refractivity (Wildman–Crippen MR) is 83.7 cm³/mol. The highest BCUT2D eigenvalue weighted by atomic mass is 32.2. The summed E-state index contributed by atoms with van der Waals surface area (Å²) < 4.78 is 29.1. The lowest BCUT2D eigenvalue weighted by Gasteiger charge is -2.10. The number of unbranched alkanes of at least 4 members (excludes halogenated alkanes) is 1. The Hall–Kier alpha value is -0.960. The van der Waals surface area contributed by atoms with Crippen molar-refractivity contribution >= 4 is 10.0 Å². The standard InChI is InChI=1S/C13H27N5O2S/c1-11-13(12(2)18(16-11)10-7-14)21(19,20)15-8-5-6-9-17(3)4/h15H,5-10,14H2,1-4H3. The Labute approximate surface area is 127 Å². The molecule has 0 spiro atoms. The highest BCUT2D eigenvalue weighted by Crippen LogP contribution is 2.18. The van der Waals surface area contributed by atoms with E-state index in [0.29, 0.717) is 31.0 Å². The van der Waals surface area contributed by atoms with Crippen molar-refractivity contribution in [1.29, 1.82) is 0 Å². The second-order valence-electron chi connectivity index (χ2n) is 5.42. The van der Waals surface area contributed by atoms with Crippen LogP contribution in [0.1, 0.15) is 24.2 Å². The molecule has 7 nitrogen and oxygen atoms in total. The fraction of sp³-hybridized carbons (Fsp3) is 0.769. The summed E-state index contributed by atoms with van der Waals surface area (Å²) in [7, 11) is 0.498. The predicted octanol–water partition coefficient (Wildman–Crippen LogP) is 0.0787. The first-order valence-corrected chi connectivity index (χ1v) is 8.66. The first kappa shape index (κ1) is 18.1. The van der Waals surface area contributed by atoms with Gasteiger partial charge in [0.2, 0.25) is 10.0 Å². The Kier molecular flexibility index (Phi) is 6.79. The number of aromatic nitrogens is 2. The van der Waals surface area contributed by atoms with Crippen molar-refractivity contribution in [3.63, 3.8) is 0 Å². The van der Waals surface area contributed by atoms with Crippen molar-refractivity contribution in [1.82, 2.24) is 19.4 Å². The molecule has 1 aromatic rings. The van der Waals surface area contributed by atoms with E-state index in [-0.39, 0.29) is 4.90 Å². The molecule has 0 radical (unpaired) electrons. The molecule has 0 aliphatic heterocycles. The third-order valence-corrected chi connectivity index (χ3v) is 4.96. The summed E-state index contributed by atoms with van der Waals surface area (Å²) in [5, 5.41) is 4.24. The number of hydrogen-bond donors (Lipinski definition) is 2. The maximum atomic E-state index is 12.4. The molecule has 3 N–H and O–H groups in total. The lowest BCUT2D eigenvalue weighted by atomic mass is 10.3. The van der Waals surface area contributed by atoms with E-state index in [2.05, 4.69) is 14.7 Å². The van der Waals surface area contributed by atoms with Crippen LogP contribution < -0.4 is 10.5 Å². The van der Waals surface area contributed by atoms with Gasteiger partial charge in [0.05, 0.1) is 17.9 Å². The molecule has 0 saturated carbocycles. The van der Waals surface area contributed by atoms with Crippen molar-refractivity contribution in [3.8, 4) is 0 Å². The summed E-state index contributed by atoms with van der Waals surface area (Å²) in [6, 6.07) is 0. The van der Waals surface area contributed by atoms with E-state index in [1.165, 1.54) is 0 Å². The molecular formula is C13H27N5O2S. The molecule has 1 rings (SSSR count). The van der Waals surface area contributed by atoms with Gasteiger partial charge in [-0.15, -0.1) is 0 Å². The van der Waals surface area contributed by atoms with Gasteiger partial charge in [-0.1, -0.05) is 0 Å². The second-order valence-corrected chi connectivity index (χ2v) is 7.12. The molecule has 1 aromatic heterocycles. The lowest BCUT2D eigenvalue weighted by Crippen LogP contribution is -2.26. The van der Waals surface area contributed by atoms with Crippen molar-refractivity contribution in [2.75, 3.05) is 33.7 Å². The van der Waals surface area contributed by atoms with Crippen molar-refractivity contribution in [2.45, 2.75) is 38.1 Å². The summed E-state index contributed by atoms with van der Waals surface area (Å²) in [6.45, 7) is 5.81. The number of hydrogen-bond acceptors (Lipinski definition) is 5. The van der Waals surface area contributed by atoms with Crippen LogP contribution in [0.2, 0.25) is 0 Å². The Balaban J connectivity index is 2.70. The fourth-order valence-electron chi connectivity index (χ4n) is 2.24. The van der Waals surface area contributed by atoms with Crippen LogP contribution in [0.4, 0.5) is 0 Å². The number of nitrogens with zero attached hydrogens (tertiary/aromatic N) is 3. The molecule has 122 valence electrons. The van der Waals surface area contributed by atoms with Crippen LogP contribution in [-0.4, -0.2) is 56.8 Å². The molecule has 0 saturated heterocycles. The smallest absolute Gasteiger partial charge is 0.244 e. The summed E-state index contributed by atoms with van der Waals surface area (Å²) in [5.74, 6) is 0. The van der Waals surface area contributed by atoms with E-state index < -0.39 is 10.0 Å². The maximum Gasteiger partial charge on any atom is 0.244 e. The molecule has 1 heterocycles. The van der Waals surface area contributed by atoms with Crippen LogP contribution in [0.15, 0.2) is 4.90 Å². The SMILES string of the molecule is Cc1nn(CCN)c(C)c1S(=O)(=O)NCCCCN(C)C. The zero-order chi connectivity index (χ0) is 16.0. The minimum Gasteiger partial charge on any atom is -0.329 e. The van der Waals surface area contributed by atoms with Gasteiger partial charge in [0.25, 0.3) is 0 Å². The van der Waals surface area contributed by atoms with Crippen molar-refractivity contribution in [2.24, 2.45) is 5.73 Å². The summed E-state index contributed by atoms with van der Waals surface area (Å²) in [6.07, 6.45) is 1.77. The van der Waals surface area contributed by atoms with Crippen LogP contribution in [0.3, 0.4) is 0 Å². The molecule has 0 aliphatic carbocycles. The molecular weight excluding hydrogens is 290 g/mol. The Morgan fingerprint density at radius 1 is 1.29 bits per heavy atom. The van der Waals surface area contributed by atoms with Gasteiger partial charge in [-0.05, 0) is 47.3 Å². The van der Waals surface area contributed by atoms with E-state index in [4.69, 9.17) is 5.73 Å². The molecule has 0 atom stereocenters. The van der Waals surface area contributed by atoms with E-state index in [9.17, 15) is 8.42 Å². The Bertz CT molecular complexity index is 551. The van der Waals surface area contributed by atoms with Crippen LogP contribution in [-0.2, 0) is 16.6 Å². The van der Waals surface area contributed by atoms with Gasteiger partial charge in [0, 0.05) is 13.1 Å². The monoisotopic (exact) mass is 317 g/mol. The van der Waals surface area contributed by atoms with E-state index in [1.807, 2.05) is 14.1 Å². The van der Waals surface area contributed by atoms with Gasteiger partial charge in [-0.25, -0.2) is 13.1 Å². The van der Waals surface area contributed by atoms with Gasteiger partial charge in [0.15, 0.2) is 0 Å². The number of rotatable bonds is 9. The normalized spacial score (nSPS) is 12.3. The van der Waals surface area contributed by atoms with Gasteiger partial charge in [-0.3, -0.25) is 4.68 Å². The topological polar surface area (TPSA) is 93.2 Å². The number of aryl methyl sites for hydroxylation is 1. The van der Waals surface area contributed by atoms with Crippen LogP contribution in [0, 0.1) is 13.8 Å². The maximum absolute atomic E-state index is 12.4. The zero-order valence-corrected chi connectivity index (χ0v) is 14.2.